The van der Waals surface area contributed by atoms with Gasteiger partial charge in [-0.3, -0.25) is 0 Å². The highest BCUT2D eigenvalue weighted by Crippen LogP contribution is 2.30. The molecule has 0 amide bonds. The average Bonchev–Trinajstić information content (AvgIpc) is 2.94. The van der Waals surface area contributed by atoms with Gasteiger partial charge in [-0.25, -0.2) is 0 Å². The maximum absolute atomic E-state index is 10.3. The van der Waals surface area contributed by atoms with E-state index in [0.29, 0.717) is 13.2 Å². The van der Waals surface area contributed by atoms with E-state index in [1.165, 1.54) is 0 Å². The van der Waals surface area contributed by atoms with Crippen molar-refractivity contribution in [2.24, 2.45) is 0 Å². The van der Waals surface area contributed by atoms with Crippen LogP contribution in [-0.4, -0.2) is 38.0 Å². The lowest BCUT2D eigenvalue weighted by molar-refractivity contribution is 0.136. The third kappa shape index (κ3) is 3.92. The number of nitrogens with one attached hydrogen (secondary N) is 1. The molecular formula is C14H20BrNO3. The topological polar surface area (TPSA) is 50.7 Å². The number of rotatable bonds is 6. The van der Waals surface area contributed by atoms with E-state index in [-0.39, 0.29) is 6.04 Å². The van der Waals surface area contributed by atoms with Crippen molar-refractivity contribution >= 4 is 15.9 Å². The number of halogens is 1. The molecule has 2 unspecified atom stereocenters. The van der Waals surface area contributed by atoms with Crippen molar-refractivity contribution in [2.45, 2.75) is 25.0 Å². The van der Waals surface area contributed by atoms with E-state index < -0.39 is 6.10 Å². The van der Waals surface area contributed by atoms with Gasteiger partial charge in [-0.1, -0.05) is 6.07 Å². The zero-order valence-electron chi connectivity index (χ0n) is 11.1. The van der Waals surface area contributed by atoms with Gasteiger partial charge in [0.05, 0.1) is 17.2 Å². The zero-order chi connectivity index (χ0) is 13.7. The van der Waals surface area contributed by atoms with Gasteiger partial charge in [0.1, 0.15) is 12.4 Å². The number of aliphatic hydroxyl groups is 1. The van der Waals surface area contributed by atoms with Crippen molar-refractivity contribution in [3.8, 4) is 5.75 Å². The van der Waals surface area contributed by atoms with Crippen LogP contribution in [0.2, 0.25) is 0 Å². The van der Waals surface area contributed by atoms with Crippen molar-refractivity contribution in [1.29, 1.82) is 0 Å². The predicted octanol–water partition coefficient (Wildman–Crippen LogP) is 2.26. The van der Waals surface area contributed by atoms with Crippen LogP contribution in [0, 0.1) is 0 Å². The fourth-order valence-electron chi connectivity index (χ4n) is 2.27. The molecule has 1 aliphatic heterocycles. The summed E-state index contributed by atoms with van der Waals surface area (Å²) < 4.78 is 11.4. The fourth-order valence-corrected chi connectivity index (χ4v) is 2.78. The maximum atomic E-state index is 10.3. The molecule has 106 valence electrons. The highest BCUT2D eigenvalue weighted by Gasteiger charge is 2.24. The molecule has 1 saturated heterocycles. The minimum atomic E-state index is -0.466. The molecule has 0 aromatic heterocycles. The Hall–Kier alpha value is -0.620. The molecule has 2 atom stereocenters. The van der Waals surface area contributed by atoms with Crippen LogP contribution in [0.15, 0.2) is 22.7 Å². The molecular weight excluding hydrogens is 310 g/mol. The van der Waals surface area contributed by atoms with Gasteiger partial charge in [-0.2, -0.15) is 0 Å². The summed E-state index contributed by atoms with van der Waals surface area (Å²) in [6, 6.07) is 5.88. The van der Waals surface area contributed by atoms with Crippen LogP contribution in [0.1, 0.15) is 24.5 Å². The Kier molecular flexibility index (Phi) is 5.63. The molecule has 4 nitrogen and oxygen atoms in total. The number of benzene rings is 1. The second-order valence-corrected chi connectivity index (χ2v) is 5.53. The van der Waals surface area contributed by atoms with Gasteiger partial charge >= 0.3 is 0 Å². The van der Waals surface area contributed by atoms with Crippen molar-refractivity contribution in [2.75, 3.05) is 26.9 Å². The van der Waals surface area contributed by atoms with Gasteiger partial charge in [0, 0.05) is 13.2 Å². The van der Waals surface area contributed by atoms with E-state index in [1.807, 2.05) is 18.2 Å². The standard InChI is InChI=1S/C14H20BrNO3/c1-18-7-8-19-13-5-4-10(9-11(13)15)14(17)12-3-2-6-16-12/h4-5,9,12,14,16-17H,2-3,6-8H2,1H3. The quantitative estimate of drug-likeness (QED) is 0.786. The second-order valence-electron chi connectivity index (χ2n) is 4.68. The Labute approximate surface area is 122 Å². The molecule has 5 heteroatoms. The molecule has 19 heavy (non-hydrogen) atoms. The summed E-state index contributed by atoms with van der Waals surface area (Å²) in [7, 11) is 1.65. The molecule has 0 saturated carbocycles. The molecule has 1 aromatic carbocycles. The van der Waals surface area contributed by atoms with Crippen LogP contribution in [-0.2, 0) is 4.74 Å². The van der Waals surface area contributed by atoms with Crippen LogP contribution in [0.25, 0.3) is 0 Å². The Morgan fingerprint density at radius 2 is 2.32 bits per heavy atom. The van der Waals surface area contributed by atoms with Gasteiger partial charge in [-0.15, -0.1) is 0 Å². The Bertz CT molecular complexity index is 408. The van der Waals surface area contributed by atoms with Gasteiger partial charge in [0.2, 0.25) is 0 Å². The van der Waals surface area contributed by atoms with Crippen molar-refractivity contribution < 1.29 is 14.6 Å². The SMILES string of the molecule is COCCOc1ccc(C(O)C2CCCN2)cc1Br. The van der Waals surface area contributed by atoms with E-state index in [1.54, 1.807) is 7.11 Å². The summed E-state index contributed by atoms with van der Waals surface area (Å²) in [6.07, 6.45) is 1.68. The van der Waals surface area contributed by atoms with E-state index >= 15 is 0 Å². The summed E-state index contributed by atoms with van der Waals surface area (Å²) in [5, 5.41) is 13.6. The van der Waals surface area contributed by atoms with Crippen LogP contribution < -0.4 is 10.1 Å². The van der Waals surface area contributed by atoms with Gasteiger partial charge in [0.15, 0.2) is 0 Å². The number of aliphatic hydroxyl groups excluding tert-OH is 1. The fraction of sp³-hybridized carbons (Fsp3) is 0.571. The maximum Gasteiger partial charge on any atom is 0.133 e. The van der Waals surface area contributed by atoms with Gasteiger partial charge < -0.3 is 19.9 Å². The summed E-state index contributed by atoms with van der Waals surface area (Å²) >= 11 is 3.48. The summed E-state index contributed by atoms with van der Waals surface area (Å²) in [5.74, 6) is 0.771. The monoisotopic (exact) mass is 329 g/mol. The minimum absolute atomic E-state index is 0.159. The lowest BCUT2D eigenvalue weighted by Gasteiger charge is -2.19. The van der Waals surface area contributed by atoms with Crippen molar-refractivity contribution in [1.82, 2.24) is 5.32 Å². The summed E-state index contributed by atoms with van der Waals surface area (Å²) in [5.41, 5.74) is 0.908. The number of methoxy groups -OCH3 is 1. The minimum Gasteiger partial charge on any atom is -0.490 e. The molecule has 1 fully saturated rings. The Morgan fingerprint density at radius 3 is 2.95 bits per heavy atom. The lowest BCUT2D eigenvalue weighted by atomic mass is 10.0. The molecule has 0 spiro atoms. The summed E-state index contributed by atoms with van der Waals surface area (Å²) in [4.78, 5) is 0. The van der Waals surface area contributed by atoms with Crippen molar-refractivity contribution in [3.05, 3.63) is 28.2 Å². The van der Waals surface area contributed by atoms with E-state index in [0.717, 1.165) is 35.2 Å². The molecule has 0 bridgehead atoms. The predicted molar refractivity (Wildman–Crippen MR) is 77.5 cm³/mol. The van der Waals surface area contributed by atoms with Crippen LogP contribution in [0.3, 0.4) is 0 Å². The number of ether oxygens (including phenoxy) is 2. The molecule has 2 N–H and O–H groups in total. The van der Waals surface area contributed by atoms with Crippen LogP contribution in [0.4, 0.5) is 0 Å². The number of hydrogen-bond donors (Lipinski definition) is 2. The highest BCUT2D eigenvalue weighted by molar-refractivity contribution is 9.10. The Balaban J connectivity index is 2.00. The highest BCUT2D eigenvalue weighted by atomic mass is 79.9. The first-order valence-corrected chi connectivity index (χ1v) is 7.34. The average molecular weight is 330 g/mol. The summed E-state index contributed by atoms with van der Waals surface area (Å²) in [6.45, 7) is 2.06. The van der Waals surface area contributed by atoms with Gasteiger partial charge in [-0.05, 0) is 53.0 Å². The third-order valence-corrected chi connectivity index (χ3v) is 3.94. The Morgan fingerprint density at radius 1 is 1.47 bits per heavy atom. The third-order valence-electron chi connectivity index (χ3n) is 3.32. The van der Waals surface area contributed by atoms with Crippen LogP contribution >= 0.6 is 15.9 Å². The molecule has 1 heterocycles. The van der Waals surface area contributed by atoms with Crippen LogP contribution in [0.5, 0.6) is 5.75 Å². The normalized spacial score (nSPS) is 20.5. The number of hydrogen-bond acceptors (Lipinski definition) is 4. The first-order valence-electron chi connectivity index (χ1n) is 6.55. The van der Waals surface area contributed by atoms with Gasteiger partial charge in [0.25, 0.3) is 0 Å². The molecule has 1 aromatic rings. The van der Waals surface area contributed by atoms with E-state index in [4.69, 9.17) is 9.47 Å². The molecule has 0 radical (unpaired) electrons. The van der Waals surface area contributed by atoms with E-state index in [9.17, 15) is 5.11 Å². The smallest absolute Gasteiger partial charge is 0.133 e. The lowest BCUT2D eigenvalue weighted by Crippen LogP contribution is -2.28. The largest absolute Gasteiger partial charge is 0.490 e. The molecule has 1 aliphatic rings. The van der Waals surface area contributed by atoms with Crippen molar-refractivity contribution in [3.63, 3.8) is 0 Å². The van der Waals surface area contributed by atoms with E-state index in [2.05, 4.69) is 21.2 Å². The molecule has 0 aliphatic carbocycles. The first kappa shape index (κ1) is 14.8. The second kappa shape index (κ2) is 7.24. The first-order chi connectivity index (χ1) is 9.22. The molecule has 2 rings (SSSR count). The zero-order valence-corrected chi connectivity index (χ0v) is 12.6.